The fourth-order valence-corrected chi connectivity index (χ4v) is 2.67. The smallest absolute Gasteiger partial charge is 0.0270 e. The maximum absolute atomic E-state index is 4.08. The Bertz CT molecular complexity index is 311. The van der Waals surface area contributed by atoms with Crippen LogP contribution in [0, 0.1) is 0 Å². The highest BCUT2D eigenvalue weighted by Gasteiger charge is 2.31. The first-order valence-corrected chi connectivity index (χ1v) is 6.07. The molecule has 0 radical (unpaired) electrons. The lowest BCUT2D eigenvalue weighted by molar-refractivity contribution is 0.203. The van der Waals surface area contributed by atoms with Crippen molar-refractivity contribution in [2.45, 2.75) is 37.6 Å². The van der Waals surface area contributed by atoms with Gasteiger partial charge in [-0.15, -0.1) is 0 Å². The summed E-state index contributed by atoms with van der Waals surface area (Å²) in [6.45, 7) is 2.61. The van der Waals surface area contributed by atoms with E-state index in [2.05, 4.69) is 22.0 Å². The molecule has 2 heterocycles. The van der Waals surface area contributed by atoms with Crippen LogP contribution in [0.2, 0.25) is 0 Å². The van der Waals surface area contributed by atoms with E-state index in [4.69, 9.17) is 0 Å². The Morgan fingerprint density at radius 1 is 1.00 bits per heavy atom. The van der Waals surface area contributed by atoms with Gasteiger partial charge in [0.05, 0.1) is 0 Å². The number of aromatic nitrogens is 1. The van der Waals surface area contributed by atoms with Crippen LogP contribution in [0.5, 0.6) is 0 Å². The van der Waals surface area contributed by atoms with Crippen LogP contribution >= 0.6 is 0 Å². The van der Waals surface area contributed by atoms with Crippen LogP contribution in [0.25, 0.3) is 0 Å². The average molecular weight is 202 g/mol. The van der Waals surface area contributed by atoms with Gasteiger partial charge in [0.2, 0.25) is 0 Å². The molecule has 80 valence electrons. The summed E-state index contributed by atoms with van der Waals surface area (Å²) in [5.41, 5.74) is 1.49. The maximum Gasteiger partial charge on any atom is 0.0270 e. The van der Waals surface area contributed by atoms with E-state index in [1.54, 1.807) is 0 Å². The summed E-state index contributed by atoms with van der Waals surface area (Å²) in [6.07, 6.45) is 9.39. The third-order valence-corrected chi connectivity index (χ3v) is 3.77. The minimum absolute atomic E-state index is 0.781. The highest BCUT2D eigenvalue weighted by Crippen LogP contribution is 2.34. The fraction of sp³-hybridized carbons (Fsp3) is 0.615. The summed E-state index contributed by atoms with van der Waals surface area (Å²) < 4.78 is 0. The van der Waals surface area contributed by atoms with E-state index in [1.807, 2.05) is 12.4 Å². The number of likely N-dealkylation sites (tertiary alicyclic amines) is 1. The number of piperidine rings is 1. The molecule has 15 heavy (non-hydrogen) atoms. The Labute approximate surface area is 91.3 Å². The Hall–Kier alpha value is -0.890. The van der Waals surface area contributed by atoms with Crippen LogP contribution in [-0.2, 0) is 0 Å². The molecule has 1 aromatic heterocycles. The first-order valence-electron chi connectivity index (χ1n) is 6.07. The summed E-state index contributed by atoms with van der Waals surface area (Å²) in [4.78, 5) is 6.76. The number of rotatable bonds is 2. The van der Waals surface area contributed by atoms with Gasteiger partial charge in [-0.2, -0.15) is 0 Å². The molecular weight excluding hydrogens is 184 g/mol. The summed E-state index contributed by atoms with van der Waals surface area (Å²) in [5.74, 6) is 0.781. The van der Waals surface area contributed by atoms with Crippen molar-refractivity contribution in [3.63, 3.8) is 0 Å². The number of hydrogen-bond donors (Lipinski definition) is 0. The van der Waals surface area contributed by atoms with Crippen LogP contribution in [0.4, 0.5) is 0 Å². The predicted molar refractivity (Wildman–Crippen MR) is 60.8 cm³/mol. The Balaban J connectivity index is 1.61. The molecule has 0 N–H and O–H groups in total. The first kappa shape index (κ1) is 9.34. The van der Waals surface area contributed by atoms with E-state index in [9.17, 15) is 0 Å². The summed E-state index contributed by atoms with van der Waals surface area (Å²) >= 11 is 0. The van der Waals surface area contributed by atoms with Crippen molar-refractivity contribution >= 4 is 0 Å². The largest absolute Gasteiger partial charge is 0.300 e. The van der Waals surface area contributed by atoms with Crippen molar-refractivity contribution < 1.29 is 0 Å². The highest BCUT2D eigenvalue weighted by molar-refractivity contribution is 5.16. The van der Waals surface area contributed by atoms with Gasteiger partial charge in [0.15, 0.2) is 0 Å². The quantitative estimate of drug-likeness (QED) is 0.732. The first-order chi connectivity index (χ1) is 7.43. The Morgan fingerprint density at radius 3 is 2.27 bits per heavy atom. The van der Waals surface area contributed by atoms with Crippen LogP contribution < -0.4 is 0 Å². The lowest BCUT2D eigenvalue weighted by atomic mass is 9.90. The third kappa shape index (κ3) is 2.05. The normalized spacial score (nSPS) is 24.3. The van der Waals surface area contributed by atoms with Crippen LogP contribution in [0.3, 0.4) is 0 Å². The highest BCUT2D eigenvalue weighted by atomic mass is 15.2. The van der Waals surface area contributed by atoms with E-state index < -0.39 is 0 Å². The molecule has 1 aromatic rings. The second-order valence-corrected chi connectivity index (χ2v) is 4.82. The summed E-state index contributed by atoms with van der Waals surface area (Å²) in [5, 5.41) is 0. The molecule has 0 aromatic carbocycles. The zero-order valence-electron chi connectivity index (χ0n) is 9.10. The maximum atomic E-state index is 4.08. The fourth-order valence-electron chi connectivity index (χ4n) is 2.67. The molecule has 2 heteroatoms. The second-order valence-electron chi connectivity index (χ2n) is 4.82. The molecule has 1 saturated heterocycles. The summed E-state index contributed by atoms with van der Waals surface area (Å²) in [7, 11) is 0. The predicted octanol–water partition coefficient (Wildman–Crippen LogP) is 2.42. The summed E-state index contributed by atoms with van der Waals surface area (Å²) in [6, 6.07) is 5.30. The number of hydrogen-bond acceptors (Lipinski definition) is 2. The van der Waals surface area contributed by atoms with E-state index >= 15 is 0 Å². The van der Waals surface area contributed by atoms with Crippen molar-refractivity contribution in [3.8, 4) is 0 Å². The van der Waals surface area contributed by atoms with Crippen molar-refractivity contribution in [1.29, 1.82) is 0 Å². The Morgan fingerprint density at radius 2 is 1.67 bits per heavy atom. The van der Waals surface area contributed by atoms with Gasteiger partial charge in [-0.05, 0) is 62.4 Å². The van der Waals surface area contributed by atoms with Gasteiger partial charge >= 0.3 is 0 Å². The number of nitrogens with zero attached hydrogens (tertiary/aromatic N) is 2. The van der Waals surface area contributed by atoms with Crippen molar-refractivity contribution in [3.05, 3.63) is 30.1 Å². The molecule has 0 bridgehead atoms. The van der Waals surface area contributed by atoms with Gasteiger partial charge in [0.25, 0.3) is 0 Å². The molecule has 1 saturated carbocycles. The van der Waals surface area contributed by atoms with Gasteiger partial charge in [0.1, 0.15) is 0 Å². The van der Waals surface area contributed by atoms with E-state index in [-0.39, 0.29) is 0 Å². The second kappa shape index (κ2) is 3.93. The van der Waals surface area contributed by atoms with Crippen molar-refractivity contribution in [1.82, 2.24) is 9.88 Å². The van der Waals surface area contributed by atoms with E-state index in [1.165, 1.54) is 44.3 Å². The molecule has 0 amide bonds. The van der Waals surface area contributed by atoms with Gasteiger partial charge in [-0.25, -0.2) is 0 Å². The molecule has 0 unspecified atom stereocenters. The molecule has 1 aliphatic heterocycles. The van der Waals surface area contributed by atoms with Gasteiger partial charge in [0, 0.05) is 18.4 Å². The minimum Gasteiger partial charge on any atom is -0.300 e. The lowest BCUT2D eigenvalue weighted by Gasteiger charge is -2.32. The third-order valence-electron chi connectivity index (χ3n) is 3.77. The average Bonchev–Trinajstić information content (AvgIpc) is 3.15. The van der Waals surface area contributed by atoms with Crippen LogP contribution in [0.15, 0.2) is 24.5 Å². The molecule has 1 aliphatic carbocycles. The topological polar surface area (TPSA) is 16.1 Å². The SMILES string of the molecule is c1cc(C2CCN(C3CC3)CC2)ccn1. The van der Waals surface area contributed by atoms with Crippen LogP contribution in [-0.4, -0.2) is 29.0 Å². The molecular formula is C13H18N2. The molecule has 2 aliphatic rings. The van der Waals surface area contributed by atoms with E-state index in [0.29, 0.717) is 0 Å². The molecule has 2 fully saturated rings. The Kier molecular flexibility index (Phi) is 2.45. The number of pyridine rings is 1. The van der Waals surface area contributed by atoms with Crippen molar-refractivity contribution in [2.24, 2.45) is 0 Å². The minimum atomic E-state index is 0.781. The molecule has 0 spiro atoms. The lowest BCUT2D eigenvalue weighted by Crippen LogP contribution is -2.34. The molecule has 0 atom stereocenters. The zero-order valence-corrected chi connectivity index (χ0v) is 9.10. The van der Waals surface area contributed by atoms with Gasteiger partial charge in [-0.1, -0.05) is 0 Å². The van der Waals surface area contributed by atoms with Crippen LogP contribution in [0.1, 0.15) is 37.2 Å². The van der Waals surface area contributed by atoms with Crippen molar-refractivity contribution in [2.75, 3.05) is 13.1 Å². The van der Waals surface area contributed by atoms with Gasteiger partial charge in [-0.3, -0.25) is 4.98 Å². The van der Waals surface area contributed by atoms with E-state index in [0.717, 1.165) is 12.0 Å². The van der Waals surface area contributed by atoms with Gasteiger partial charge < -0.3 is 4.90 Å². The molecule has 2 nitrogen and oxygen atoms in total. The monoisotopic (exact) mass is 202 g/mol. The zero-order chi connectivity index (χ0) is 10.1. The molecule has 3 rings (SSSR count). The standard InChI is InChI=1S/C13H18N2/c1-2-13(1)15-9-5-12(6-10-15)11-3-7-14-8-4-11/h3-4,7-8,12-13H,1-2,5-6,9-10H2.